The van der Waals surface area contributed by atoms with Crippen LogP contribution in [-0.4, -0.2) is 19.3 Å². The quantitative estimate of drug-likeness (QED) is 0.355. The maximum absolute atomic E-state index is 12.7. The van der Waals surface area contributed by atoms with E-state index < -0.39 is 4.92 Å². The number of pyridine rings is 1. The summed E-state index contributed by atoms with van der Waals surface area (Å²) in [6.07, 6.45) is 3.18. The van der Waals surface area contributed by atoms with Crippen LogP contribution in [0.5, 0.6) is 0 Å². The van der Waals surface area contributed by atoms with Gasteiger partial charge in [0.1, 0.15) is 10.5 Å². The number of aromatic nitrogens is 3. The molecule has 0 aliphatic heterocycles. The van der Waals surface area contributed by atoms with Crippen LogP contribution in [0.1, 0.15) is 5.56 Å². The molecule has 25 heavy (non-hydrogen) atoms. The summed E-state index contributed by atoms with van der Waals surface area (Å²) >= 11 is 10.3. The van der Waals surface area contributed by atoms with Gasteiger partial charge in [0.25, 0.3) is 11.2 Å². The Morgan fingerprint density at radius 1 is 1.36 bits per heavy atom. The SMILES string of the molecule is O=c1/c(=C/c2ccc(Cl)c([N+](=O)[O-])c2)sc2nc3cc(Br)cnc3n12. The van der Waals surface area contributed by atoms with Crippen molar-refractivity contribution in [3.8, 4) is 0 Å². The Morgan fingerprint density at radius 3 is 2.92 bits per heavy atom. The van der Waals surface area contributed by atoms with Gasteiger partial charge in [0, 0.05) is 16.7 Å². The first-order valence-corrected chi connectivity index (χ1v) is 8.85. The summed E-state index contributed by atoms with van der Waals surface area (Å²) in [6.45, 7) is 0. The van der Waals surface area contributed by atoms with Gasteiger partial charge in [-0.1, -0.05) is 29.0 Å². The van der Waals surface area contributed by atoms with Crippen LogP contribution in [0.25, 0.3) is 22.2 Å². The van der Waals surface area contributed by atoms with Crippen LogP contribution in [0.3, 0.4) is 0 Å². The molecule has 10 heteroatoms. The Morgan fingerprint density at radius 2 is 2.16 bits per heavy atom. The van der Waals surface area contributed by atoms with E-state index in [2.05, 4.69) is 25.9 Å². The fraction of sp³-hybridized carbons (Fsp3) is 0. The molecule has 3 aromatic heterocycles. The lowest BCUT2D eigenvalue weighted by Gasteiger charge is -1.96. The van der Waals surface area contributed by atoms with Crippen LogP contribution < -0.4 is 10.1 Å². The van der Waals surface area contributed by atoms with Crippen molar-refractivity contribution in [3.05, 3.63) is 70.5 Å². The molecule has 0 radical (unpaired) electrons. The predicted molar refractivity (Wildman–Crippen MR) is 99.2 cm³/mol. The van der Waals surface area contributed by atoms with Gasteiger partial charge in [-0.3, -0.25) is 14.9 Å². The zero-order chi connectivity index (χ0) is 17.7. The Hall–Kier alpha value is -2.36. The van der Waals surface area contributed by atoms with E-state index in [0.717, 1.165) is 4.47 Å². The van der Waals surface area contributed by atoms with E-state index >= 15 is 0 Å². The average Bonchev–Trinajstić information content (AvgIpc) is 3.05. The van der Waals surface area contributed by atoms with Crippen molar-refractivity contribution in [1.82, 2.24) is 14.4 Å². The molecule has 0 saturated carbocycles. The molecule has 0 saturated heterocycles. The number of fused-ring (bicyclic) bond motifs is 3. The van der Waals surface area contributed by atoms with Gasteiger partial charge in [0.05, 0.1) is 9.46 Å². The summed E-state index contributed by atoms with van der Waals surface area (Å²) in [4.78, 5) is 32.2. The van der Waals surface area contributed by atoms with E-state index in [4.69, 9.17) is 11.6 Å². The van der Waals surface area contributed by atoms with E-state index in [1.54, 1.807) is 24.4 Å². The number of benzene rings is 1. The zero-order valence-corrected chi connectivity index (χ0v) is 15.3. The van der Waals surface area contributed by atoms with Crippen molar-refractivity contribution >= 4 is 66.8 Å². The van der Waals surface area contributed by atoms with Gasteiger partial charge < -0.3 is 0 Å². The molecular weight excluding hydrogens is 432 g/mol. The number of nitrogens with zero attached hydrogens (tertiary/aromatic N) is 4. The third-order valence-corrected chi connectivity index (χ3v) is 5.23. The van der Waals surface area contributed by atoms with Crippen molar-refractivity contribution in [2.75, 3.05) is 0 Å². The van der Waals surface area contributed by atoms with E-state index in [1.165, 1.54) is 27.9 Å². The predicted octanol–water partition coefficient (Wildman–Crippen LogP) is 3.18. The molecule has 0 N–H and O–H groups in total. The van der Waals surface area contributed by atoms with Crippen LogP contribution in [0.2, 0.25) is 5.02 Å². The van der Waals surface area contributed by atoms with Crippen LogP contribution in [-0.2, 0) is 0 Å². The maximum Gasteiger partial charge on any atom is 0.288 e. The lowest BCUT2D eigenvalue weighted by Crippen LogP contribution is -2.22. The Bertz CT molecular complexity index is 1280. The number of nitro benzene ring substituents is 1. The largest absolute Gasteiger partial charge is 0.288 e. The summed E-state index contributed by atoms with van der Waals surface area (Å²) in [7, 11) is 0. The first-order valence-electron chi connectivity index (χ1n) is 6.86. The Kier molecular flexibility index (Phi) is 3.78. The molecule has 1 aromatic carbocycles. The Labute approximate surface area is 156 Å². The summed E-state index contributed by atoms with van der Waals surface area (Å²) in [5.74, 6) is 0. The van der Waals surface area contributed by atoms with Gasteiger partial charge in [-0.2, -0.15) is 0 Å². The number of nitro groups is 1. The number of rotatable bonds is 2. The monoisotopic (exact) mass is 436 g/mol. The number of hydrogen-bond acceptors (Lipinski definition) is 6. The molecule has 4 rings (SSSR count). The smallest absolute Gasteiger partial charge is 0.267 e. The molecule has 0 atom stereocenters. The maximum atomic E-state index is 12.7. The molecule has 0 spiro atoms. The molecule has 4 aromatic rings. The fourth-order valence-corrected chi connectivity index (χ4v) is 3.91. The van der Waals surface area contributed by atoms with Crippen molar-refractivity contribution < 1.29 is 4.92 Å². The van der Waals surface area contributed by atoms with Gasteiger partial charge in [-0.25, -0.2) is 14.4 Å². The summed E-state index contributed by atoms with van der Waals surface area (Å²) in [5.41, 5.74) is 1.13. The second kappa shape index (κ2) is 5.87. The number of hydrogen-bond donors (Lipinski definition) is 0. The van der Waals surface area contributed by atoms with Crippen LogP contribution in [0.4, 0.5) is 5.69 Å². The van der Waals surface area contributed by atoms with Crippen LogP contribution in [0, 0.1) is 10.1 Å². The van der Waals surface area contributed by atoms with Gasteiger partial charge in [0.15, 0.2) is 10.6 Å². The minimum Gasteiger partial charge on any atom is -0.267 e. The third-order valence-electron chi connectivity index (χ3n) is 3.51. The fourth-order valence-electron chi connectivity index (χ4n) is 2.43. The van der Waals surface area contributed by atoms with Crippen LogP contribution >= 0.6 is 38.9 Å². The number of imidazole rings is 1. The normalized spacial score (nSPS) is 12.3. The van der Waals surface area contributed by atoms with Crippen molar-refractivity contribution in [1.29, 1.82) is 0 Å². The van der Waals surface area contributed by atoms with E-state index in [-0.39, 0.29) is 16.3 Å². The molecule has 124 valence electrons. The molecule has 0 aliphatic rings. The molecular formula is C15H6BrClN4O3S. The zero-order valence-electron chi connectivity index (χ0n) is 12.1. The van der Waals surface area contributed by atoms with Crippen molar-refractivity contribution in [3.63, 3.8) is 0 Å². The molecule has 0 aliphatic carbocycles. The summed E-state index contributed by atoms with van der Waals surface area (Å²) in [6, 6.07) is 6.17. The highest BCUT2D eigenvalue weighted by Crippen LogP contribution is 2.25. The molecule has 3 heterocycles. The standard InChI is InChI=1S/C15H6BrClN4O3S/c16-8-5-10-13(18-6-8)20-14(22)12(25-15(20)19-10)4-7-1-2-9(17)11(3-7)21(23)24/h1-6H/b12-4-. The number of thiazole rings is 1. The highest BCUT2D eigenvalue weighted by molar-refractivity contribution is 9.10. The van der Waals surface area contributed by atoms with E-state index in [9.17, 15) is 14.9 Å². The minimum absolute atomic E-state index is 0.0475. The summed E-state index contributed by atoms with van der Waals surface area (Å²) in [5, 5.41) is 11.0. The van der Waals surface area contributed by atoms with E-state index in [0.29, 0.717) is 26.2 Å². The van der Waals surface area contributed by atoms with Crippen LogP contribution in [0.15, 0.2) is 39.7 Å². The van der Waals surface area contributed by atoms with Gasteiger partial charge in [-0.05, 0) is 39.7 Å². The minimum atomic E-state index is -0.561. The first kappa shape index (κ1) is 16.1. The molecule has 0 bridgehead atoms. The second-order valence-electron chi connectivity index (χ2n) is 5.11. The van der Waals surface area contributed by atoms with Crippen molar-refractivity contribution in [2.24, 2.45) is 0 Å². The van der Waals surface area contributed by atoms with Gasteiger partial charge >= 0.3 is 0 Å². The van der Waals surface area contributed by atoms with Crippen molar-refractivity contribution in [2.45, 2.75) is 0 Å². The van der Waals surface area contributed by atoms with Gasteiger partial charge in [-0.15, -0.1) is 0 Å². The molecule has 0 fully saturated rings. The second-order valence-corrected chi connectivity index (χ2v) is 7.44. The highest BCUT2D eigenvalue weighted by atomic mass is 79.9. The van der Waals surface area contributed by atoms with E-state index in [1.807, 2.05) is 0 Å². The summed E-state index contributed by atoms with van der Waals surface area (Å²) < 4.78 is 2.62. The number of halogens is 2. The third kappa shape index (κ3) is 2.70. The highest BCUT2D eigenvalue weighted by Gasteiger charge is 2.14. The first-order chi connectivity index (χ1) is 11.9. The van der Waals surface area contributed by atoms with Gasteiger partial charge in [0.2, 0.25) is 0 Å². The average molecular weight is 438 g/mol. The molecule has 7 nitrogen and oxygen atoms in total. The molecule has 0 amide bonds. The molecule has 0 unspecified atom stereocenters. The Balaban J connectivity index is 1.94. The topological polar surface area (TPSA) is 90.4 Å². The lowest BCUT2D eigenvalue weighted by atomic mass is 10.2. The lowest BCUT2D eigenvalue weighted by molar-refractivity contribution is -0.384.